The molecule has 8 heteroatoms. The fraction of sp³-hybridized carbons (Fsp3) is 0.261. The number of anilines is 1. The predicted molar refractivity (Wildman–Crippen MR) is 112 cm³/mol. The molecule has 1 N–H and O–H groups in total. The fourth-order valence-corrected chi connectivity index (χ4v) is 4.72. The van der Waals surface area contributed by atoms with Crippen molar-refractivity contribution in [2.24, 2.45) is 0 Å². The second-order valence-corrected chi connectivity index (χ2v) is 8.11. The molecular formula is C23H18ClNO6. The Labute approximate surface area is 182 Å². The molecule has 1 unspecified atom stereocenters. The van der Waals surface area contributed by atoms with Gasteiger partial charge in [0.2, 0.25) is 12.7 Å². The lowest BCUT2D eigenvalue weighted by Gasteiger charge is -2.38. The van der Waals surface area contributed by atoms with Crippen LogP contribution < -0.4 is 14.4 Å². The average molecular weight is 440 g/mol. The topological polar surface area (TPSA) is 93.1 Å². The molecule has 2 aliphatic heterocycles. The highest BCUT2D eigenvalue weighted by molar-refractivity contribution is 6.33. The first-order valence-electron chi connectivity index (χ1n) is 9.95. The number of carbonyl (C=O) groups excluding carboxylic acids is 2. The Morgan fingerprint density at radius 3 is 2.68 bits per heavy atom. The van der Waals surface area contributed by atoms with Crippen LogP contribution in [-0.2, 0) is 9.59 Å². The van der Waals surface area contributed by atoms with Gasteiger partial charge in [0.25, 0.3) is 0 Å². The van der Waals surface area contributed by atoms with Crippen molar-refractivity contribution in [2.75, 3.05) is 11.7 Å². The molecule has 0 radical (unpaired) electrons. The summed E-state index contributed by atoms with van der Waals surface area (Å²) in [6.07, 6.45) is 1.70. The summed E-state index contributed by atoms with van der Waals surface area (Å²) in [5, 5.41) is 9.51. The standard InChI is InChI=1S/C23H18ClNO6/c24-16-6-5-13(9-15(16)23(28)29)25-17-2-1-3-18(26)22(17)14(10-21(25)27)12-4-7-19-20(8-12)31-11-30-19/h4-9,14H,1-3,10-11H2,(H,28,29). The number of amides is 1. The molecule has 0 spiro atoms. The highest BCUT2D eigenvalue weighted by atomic mass is 35.5. The Balaban J connectivity index is 1.63. The molecule has 0 fully saturated rings. The van der Waals surface area contributed by atoms with Gasteiger partial charge in [-0.25, -0.2) is 4.79 Å². The maximum atomic E-state index is 13.3. The summed E-state index contributed by atoms with van der Waals surface area (Å²) >= 11 is 6.00. The third-order valence-electron chi connectivity index (χ3n) is 5.91. The van der Waals surface area contributed by atoms with Crippen LogP contribution in [0.15, 0.2) is 47.7 Å². The molecular weight excluding hydrogens is 422 g/mol. The quantitative estimate of drug-likeness (QED) is 0.766. The van der Waals surface area contributed by atoms with Crippen molar-refractivity contribution < 1.29 is 29.0 Å². The van der Waals surface area contributed by atoms with Gasteiger partial charge in [0.05, 0.1) is 10.6 Å². The van der Waals surface area contributed by atoms with Crippen LogP contribution in [0, 0.1) is 0 Å². The van der Waals surface area contributed by atoms with Crippen LogP contribution in [0.1, 0.15) is 47.5 Å². The van der Waals surface area contributed by atoms with Gasteiger partial charge in [-0.2, -0.15) is 0 Å². The number of ether oxygens (including phenoxy) is 2. The van der Waals surface area contributed by atoms with E-state index in [0.29, 0.717) is 47.7 Å². The van der Waals surface area contributed by atoms with Crippen LogP contribution in [-0.4, -0.2) is 29.6 Å². The molecule has 0 aromatic heterocycles. The van der Waals surface area contributed by atoms with Gasteiger partial charge in [0.1, 0.15) is 0 Å². The van der Waals surface area contributed by atoms with E-state index < -0.39 is 5.97 Å². The number of hydrogen-bond acceptors (Lipinski definition) is 5. The molecule has 1 aliphatic carbocycles. The number of carboxylic acids is 1. The summed E-state index contributed by atoms with van der Waals surface area (Å²) in [5.41, 5.74) is 2.37. The molecule has 1 amide bonds. The van der Waals surface area contributed by atoms with Crippen molar-refractivity contribution in [1.82, 2.24) is 0 Å². The van der Waals surface area contributed by atoms with Gasteiger partial charge in [-0.05, 0) is 48.7 Å². The highest BCUT2D eigenvalue weighted by Crippen LogP contribution is 2.45. The van der Waals surface area contributed by atoms with Crippen LogP contribution in [0.4, 0.5) is 5.69 Å². The van der Waals surface area contributed by atoms with Crippen molar-refractivity contribution in [1.29, 1.82) is 0 Å². The van der Waals surface area contributed by atoms with E-state index in [-0.39, 0.29) is 41.4 Å². The van der Waals surface area contributed by atoms with Crippen LogP contribution in [0.2, 0.25) is 5.02 Å². The van der Waals surface area contributed by atoms with E-state index >= 15 is 0 Å². The number of Topliss-reactive ketones (excluding diaryl/α,β-unsaturated/α-hetero) is 1. The average Bonchev–Trinajstić information content (AvgIpc) is 3.21. The number of fused-ring (bicyclic) bond motifs is 1. The molecule has 158 valence electrons. The van der Waals surface area contributed by atoms with E-state index in [1.807, 2.05) is 12.1 Å². The molecule has 2 aromatic rings. The zero-order valence-electron chi connectivity index (χ0n) is 16.4. The summed E-state index contributed by atoms with van der Waals surface area (Å²) in [6, 6.07) is 9.93. The van der Waals surface area contributed by atoms with Gasteiger partial charge >= 0.3 is 5.97 Å². The third-order valence-corrected chi connectivity index (χ3v) is 6.24. The number of rotatable bonds is 3. The van der Waals surface area contributed by atoms with Gasteiger partial charge in [-0.1, -0.05) is 17.7 Å². The number of hydrogen-bond donors (Lipinski definition) is 1. The van der Waals surface area contributed by atoms with E-state index in [0.717, 1.165) is 5.56 Å². The number of aromatic carboxylic acids is 1. The number of benzene rings is 2. The summed E-state index contributed by atoms with van der Waals surface area (Å²) in [6.45, 7) is 0.144. The molecule has 0 saturated carbocycles. The number of carboxylic acid groups (broad SMARTS) is 1. The van der Waals surface area contributed by atoms with Crippen molar-refractivity contribution >= 4 is 34.9 Å². The lowest BCUT2D eigenvalue weighted by atomic mass is 9.77. The van der Waals surface area contributed by atoms with Crippen molar-refractivity contribution in [2.45, 2.75) is 31.6 Å². The fourth-order valence-electron chi connectivity index (χ4n) is 4.52. The lowest BCUT2D eigenvalue weighted by Crippen LogP contribution is -2.40. The number of ketones is 1. The zero-order chi connectivity index (χ0) is 21.7. The second kappa shape index (κ2) is 7.42. The first kappa shape index (κ1) is 19.6. The molecule has 5 rings (SSSR count). The minimum Gasteiger partial charge on any atom is -0.478 e. The monoisotopic (exact) mass is 439 g/mol. The maximum absolute atomic E-state index is 13.3. The van der Waals surface area contributed by atoms with Gasteiger partial charge in [0, 0.05) is 35.7 Å². The molecule has 31 heavy (non-hydrogen) atoms. The Kier molecular flexibility index (Phi) is 4.70. The summed E-state index contributed by atoms with van der Waals surface area (Å²) < 4.78 is 10.8. The number of nitrogens with zero attached hydrogens (tertiary/aromatic N) is 1. The SMILES string of the molecule is O=C1CCCC2=C1C(c1ccc3c(c1)OCO3)CC(=O)N2c1ccc(Cl)c(C(=O)O)c1. The molecule has 2 heterocycles. The molecule has 0 bridgehead atoms. The lowest BCUT2D eigenvalue weighted by molar-refractivity contribution is -0.119. The number of halogens is 1. The van der Waals surface area contributed by atoms with E-state index in [4.69, 9.17) is 21.1 Å². The van der Waals surface area contributed by atoms with Crippen LogP contribution in [0.5, 0.6) is 11.5 Å². The Morgan fingerprint density at radius 1 is 1.06 bits per heavy atom. The van der Waals surface area contributed by atoms with Crippen LogP contribution >= 0.6 is 11.6 Å². The largest absolute Gasteiger partial charge is 0.478 e. The molecule has 7 nitrogen and oxygen atoms in total. The van der Waals surface area contributed by atoms with Crippen molar-refractivity contribution in [3.63, 3.8) is 0 Å². The first-order chi connectivity index (χ1) is 14.9. The van der Waals surface area contributed by atoms with Crippen molar-refractivity contribution in [3.8, 4) is 11.5 Å². The minimum atomic E-state index is -1.18. The number of carbonyl (C=O) groups is 3. The van der Waals surface area contributed by atoms with E-state index in [1.165, 1.54) is 17.0 Å². The third kappa shape index (κ3) is 3.25. The summed E-state index contributed by atoms with van der Waals surface area (Å²) in [5.74, 6) is -0.514. The van der Waals surface area contributed by atoms with E-state index in [2.05, 4.69) is 0 Å². The zero-order valence-corrected chi connectivity index (χ0v) is 17.1. The van der Waals surface area contributed by atoms with Crippen LogP contribution in [0.25, 0.3) is 0 Å². The van der Waals surface area contributed by atoms with Crippen molar-refractivity contribution in [3.05, 3.63) is 63.8 Å². The second-order valence-electron chi connectivity index (χ2n) is 7.70. The van der Waals surface area contributed by atoms with Gasteiger partial charge < -0.3 is 14.6 Å². The Hall–Kier alpha value is -3.32. The summed E-state index contributed by atoms with van der Waals surface area (Å²) in [4.78, 5) is 39.3. The van der Waals surface area contributed by atoms with Gasteiger partial charge in [0.15, 0.2) is 17.3 Å². The Morgan fingerprint density at radius 2 is 1.87 bits per heavy atom. The van der Waals surface area contributed by atoms with Crippen LogP contribution in [0.3, 0.4) is 0 Å². The molecule has 0 saturated heterocycles. The van der Waals surface area contributed by atoms with Gasteiger partial charge in [-0.15, -0.1) is 0 Å². The maximum Gasteiger partial charge on any atom is 0.337 e. The van der Waals surface area contributed by atoms with E-state index in [1.54, 1.807) is 12.1 Å². The summed E-state index contributed by atoms with van der Waals surface area (Å²) in [7, 11) is 0. The number of allylic oxidation sites excluding steroid dienone is 2. The predicted octanol–water partition coefficient (Wildman–Crippen LogP) is 4.29. The first-order valence-corrected chi connectivity index (χ1v) is 10.3. The molecule has 1 atom stereocenters. The normalized spacial score (nSPS) is 20.2. The smallest absolute Gasteiger partial charge is 0.337 e. The van der Waals surface area contributed by atoms with Gasteiger partial charge in [-0.3, -0.25) is 14.5 Å². The Bertz CT molecular complexity index is 1170. The van der Waals surface area contributed by atoms with E-state index in [9.17, 15) is 19.5 Å². The molecule has 3 aliphatic rings. The minimum absolute atomic E-state index is 0.00818. The molecule has 2 aromatic carbocycles. The highest BCUT2D eigenvalue weighted by Gasteiger charge is 2.40.